The van der Waals surface area contributed by atoms with E-state index in [2.05, 4.69) is 17.1 Å². The first kappa shape index (κ1) is 29.6. The van der Waals surface area contributed by atoms with Crippen LogP contribution in [0.5, 0.6) is 0 Å². The Bertz CT molecular complexity index is 1260. The molecule has 39 heavy (non-hydrogen) atoms. The number of benzene rings is 2. The van der Waals surface area contributed by atoms with Crippen LogP contribution in [0.15, 0.2) is 47.4 Å². The van der Waals surface area contributed by atoms with E-state index >= 15 is 0 Å². The number of carbonyl (C=O) groups is 1. The number of hydrogen-bond acceptors (Lipinski definition) is 5. The van der Waals surface area contributed by atoms with Gasteiger partial charge in [-0.1, -0.05) is 32.0 Å². The average Bonchev–Trinajstić information content (AvgIpc) is 3.27. The zero-order valence-corrected chi connectivity index (χ0v) is 23.2. The Morgan fingerprint density at radius 3 is 2.31 bits per heavy atom. The highest BCUT2D eigenvalue weighted by atomic mass is 32.2. The summed E-state index contributed by atoms with van der Waals surface area (Å²) < 4.78 is 63.3. The molecular weight excluding hydrogens is 529 g/mol. The number of aliphatic hydroxyl groups is 1. The quantitative estimate of drug-likeness (QED) is 0.414. The number of sulfone groups is 1. The Balaban J connectivity index is 1.41. The summed E-state index contributed by atoms with van der Waals surface area (Å²) in [5.74, 6) is -1.31. The normalized spacial score (nSPS) is 22.9. The van der Waals surface area contributed by atoms with Crippen LogP contribution in [0.2, 0.25) is 0 Å². The van der Waals surface area contributed by atoms with Gasteiger partial charge in [0.1, 0.15) is 0 Å². The van der Waals surface area contributed by atoms with Crippen molar-refractivity contribution in [3.05, 3.63) is 64.7 Å². The molecule has 1 aliphatic heterocycles. The molecule has 0 bridgehead atoms. The Kier molecular flexibility index (Phi) is 9.08. The third-order valence-electron chi connectivity index (χ3n) is 8.28. The van der Waals surface area contributed by atoms with Gasteiger partial charge in [0.2, 0.25) is 0 Å². The largest absolute Gasteiger partial charge is 0.394 e. The molecule has 0 aromatic heterocycles. The lowest BCUT2D eigenvalue weighted by atomic mass is 9.81. The highest BCUT2D eigenvalue weighted by Gasteiger charge is 2.42. The number of amides is 1. The zero-order chi connectivity index (χ0) is 28.4. The van der Waals surface area contributed by atoms with E-state index in [0.29, 0.717) is 30.5 Å². The Morgan fingerprint density at radius 2 is 1.74 bits per heavy atom. The molecule has 214 valence electrons. The first-order chi connectivity index (χ1) is 18.5. The Labute approximate surface area is 228 Å². The van der Waals surface area contributed by atoms with Gasteiger partial charge in [-0.3, -0.25) is 9.69 Å². The van der Waals surface area contributed by atoms with E-state index in [-0.39, 0.29) is 48.0 Å². The van der Waals surface area contributed by atoms with Gasteiger partial charge in [0.25, 0.3) is 5.91 Å². The highest BCUT2D eigenvalue weighted by molar-refractivity contribution is 7.91. The molecule has 2 atom stereocenters. The van der Waals surface area contributed by atoms with Crippen LogP contribution in [0.1, 0.15) is 85.1 Å². The molecule has 0 radical (unpaired) electrons. The van der Waals surface area contributed by atoms with E-state index in [1.54, 1.807) is 25.1 Å². The van der Waals surface area contributed by atoms with Gasteiger partial charge in [0.05, 0.1) is 29.2 Å². The third-order valence-corrected chi connectivity index (χ3v) is 10.0. The van der Waals surface area contributed by atoms with E-state index in [0.717, 1.165) is 24.1 Å². The lowest BCUT2D eigenvalue weighted by Crippen LogP contribution is -2.33. The van der Waals surface area contributed by atoms with Crippen LogP contribution < -0.4 is 5.32 Å². The topological polar surface area (TPSA) is 86.7 Å². The molecule has 2 N–H and O–H groups in total. The van der Waals surface area contributed by atoms with Crippen LogP contribution >= 0.6 is 0 Å². The summed E-state index contributed by atoms with van der Waals surface area (Å²) in [7, 11) is -3.35. The molecule has 1 aliphatic carbocycles. The average molecular weight is 567 g/mol. The van der Waals surface area contributed by atoms with Gasteiger partial charge in [-0.25, -0.2) is 8.42 Å². The summed E-state index contributed by atoms with van der Waals surface area (Å²) in [4.78, 5) is 15.6. The molecule has 2 aromatic rings. The Morgan fingerprint density at radius 1 is 1.08 bits per heavy atom. The van der Waals surface area contributed by atoms with Crippen molar-refractivity contribution >= 4 is 15.7 Å². The molecule has 6 nitrogen and oxygen atoms in total. The first-order valence-electron chi connectivity index (χ1n) is 13.6. The van der Waals surface area contributed by atoms with Crippen molar-refractivity contribution in [3.63, 3.8) is 0 Å². The number of halogens is 3. The molecule has 1 amide bonds. The fraction of sp³-hybridized carbons (Fsp3) is 0.552. The molecule has 2 aromatic carbocycles. The minimum Gasteiger partial charge on any atom is -0.394 e. The van der Waals surface area contributed by atoms with E-state index in [9.17, 15) is 31.5 Å². The minimum atomic E-state index is -4.11. The predicted octanol–water partition coefficient (Wildman–Crippen LogP) is 5.58. The maximum absolute atomic E-state index is 13.1. The monoisotopic (exact) mass is 566 g/mol. The van der Waals surface area contributed by atoms with Crippen molar-refractivity contribution in [1.29, 1.82) is 0 Å². The molecule has 10 heteroatoms. The molecular formula is C29H37F3N2O4S. The van der Waals surface area contributed by atoms with Crippen molar-refractivity contribution in [2.45, 2.75) is 75.7 Å². The molecule has 1 heterocycles. The molecule has 1 fully saturated rings. The summed E-state index contributed by atoms with van der Waals surface area (Å²) in [6, 6.07) is 11.2. The van der Waals surface area contributed by atoms with E-state index in [4.69, 9.17) is 0 Å². The second-order valence-corrected chi connectivity index (χ2v) is 13.0. The summed E-state index contributed by atoms with van der Waals surface area (Å²) in [6.45, 7) is 4.71. The van der Waals surface area contributed by atoms with Crippen molar-refractivity contribution in [2.75, 3.05) is 18.9 Å². The van der Waals surface area contributed by atoms with Crippen LogP contribution in [0, 0.1) is 11.8 Å². The van der Waals surface area contributed by atoms with E-state index < -0.39 is 28.0 Å². The van der Waals surface area contributed by atoms with Gasteiger partial charge < -0.3 is 10.4 Å². The molecule has 2 aliphatic rings. The van der Waals surface area contributed by atoms with Crippen molar-refractivity contribution in [2.24, 2.45) is 11.8 Å². The summed E-state index contributed by atoms with van der Waals surface area (Å²) in [6.07, 6.45) is -1.69. The standard InChI is InChI=1S/C29H37F3N2O4S/c1-3-27-25-14-9-21(15-22(25)17-34(27)16-19-5-10-23(11-6-19)29(30,31)32)28(36)33-26(18-35)20-7-12-24(13-8-20)39(37,38)4-2/h7-9,12-15,19,23,26-27,35H,3-6,10-11,16-18H2,1-2H3,(H,33,36)/t19?,23?,26-,27+/m0/s1. The number of nitrogens with one attached hydrogen (secondary N) is 1. The van der Waals surface area contributed by atoms with Gasteiger partial charge >= 0.3 is 6.18 Å². The lowest BCUT2D eigenvalue weighted by molar-refractivity contribution is -0.184. The third kappa shape index (κ3) is 6.66. The number of alkyl halides is 3. The SMILES string of the molecule is CC[C@@H]1c2ccc(C(=O)N[C@@H](CO)c3ccc(S(=O)(=O)CC)cc3)cc2CN1CC1CCC(C(F)(F)F)CC1. The number of hydrogen-bond donors (Lipinski definition) is 2. The number of rotatable bonds is 9. The Hall–Kier alpha value is -2.43. The van der Waals surface area contributed by atoms with E-state index in [1.807, 2.05) is 12.1 Å². The van der Waals surface area contributed by atoms with Crippen LogP contribution in [0.3, 0.4) is 0 Å². The van der Waals surface area contributed by atoms with Crippen LogP contribution in [0.25, 0.3) is 0 Å². The van der Waals surface area contributed by atoms with Gasteiger partial charge in [-0.05, 0) is 79.0 Å². The first-order valence-corrected chi connectivity index (χ1v) is 15.3. The van der Waals surface area contributed by atoms with E-state index in [1.165, 1.54) is 12.1 Å². The second-order valence-electron chi connectivity index (χ2n) is 10.7. The molecule has 0 saturated heterocycles. The van der Waals surface area contributed by atoms with Gasteiger partial charge in [-0.2, -0.15) is 13.2 Å². The number of nitrogens with zero attached hydrogens (tertiary/aromatic N) is 1. The maximum Gasteiger partial charge on any atom is 0.391 e. The summed E-state index contributed by atoms with van der Waals surface area (Å²) in [5.41, 5.74) is 3.23. The van der Waals surface area contributed by atoms with Crippen molar-refractivity contribution in [3.8, 4) is 0 Å². The highest BCUT2D eigenvalue weighted by Crippen LogP contribution is 2.42. The maximum atomic E-state index is 13.1. The molecule has 0 spiro atoms. The summed E-state index contributed by atoms with van der Waals surface area (Å²) >= 11 is 0. The van der Waals surface area contributed by atoms with Crippen molar-refractivity contribution < 1.29 is 31.5 Å². The number of aliphatic hydroxyl groups excluding tert-OH is 1. The minimum absolute atomic E-state index is 0.0136. The zero-order valence-electron chi connectivity index (χ0n) is 22.4. The predicted molar refractivity (Wildman–Crippen MR) is 143 cm³/mol. The lowest BCUT2D eigenvalue weighted by Gasteiger charge is -2.34. The summed E-state index contributed by atoms with van der Waals surface area (Å²) in [5, 5.41) is 12.8. The van der Waals surface area contributed by atoms with Crippen LogP contribution in [0.4, 0.5) is 13.2 Å². The second kappa shape index (κ2) is 12.0. The van der Waals surface area contributed by atoms with Gasteiger partial charge in [0.15, 0.2) is 9.84 Å². The fourth-order valence-electron chi connectivity index (χ4n) is 5.96. The number of carbonyl (C=O) groups excluding carboxylic acids is 1. The van der Waals surface area contributed by atoms with Crippen molar-refractivity contribution in [1.82, 2.24) is 10.2 Å². The van der Waals surface area contributed by atoms with Gasteiger partial charge in [-0.15, -0.1) is 0 Å². The smallest absolute Gasteiger partial charge is 0.391 e. The molecule has 0 unspecified atom stereocenters. The fourth-order valence-corrected chi connectivity index (χ4v) is 6.84. The van der Waals surface area contributed by atoms with Crippen LogP contribution in [-0.2, 0) is 16.4 Å². The number of fused-ring (bicyclic) bond motifs is 1. The van der Waals surface area contributed by atoms with Crippen LogP contribution in [-0.4, -0.2) is 49.4 Å². The van der Waals surface area contributed by atoms with Gasteiger partial charge in [0, 0.05) is 24.7 Å². The molecule has 4 rings (SSSR count). The molecule has 1 saturated carbocycles.